The Morgan fingerprint density at radius 3 is 3.00 bits per heavy atom. The number of aromatic nitrogens is 2. The SMILES string of the molecule is CNCCc1nc(-c2cccs2)n(C)c1Cl. The Bertz CT molecular complexity index is 462. The number of imidazole rings is 1. The molecule has 1 N–H and O–H groups in total. The summed E-state index contributed by atoms with van der Waals surface area (Å²) in [4.78, 5) is 5.74. The number of hydrogen-bond acceptors (Lipinski definition) is 3. The molecule has 2 aromatic rings. The van der Waals surface area contributed by atoms with Gasteiger partial charge in [-0.15, -0.1) is 11.3 Å². The van der Waals surface area contributed by atoms with Crippen molar-refractivity contribution in [1.82, 2.24) is 14.9 Å². The number of halogens is 1. The predicted octanol–water partition coefficient (Wildman–Crippen LogP) is 2.56. The third-order valence-electron chi connectivity index (χ3n) is 2.44. The van der Waals surface area contributed by atoms with E-state index in [1.807, 2.05) is 30.1 Å². The van der Waals surface area contributed by atoms with Crippen molar-refractivity contribution >= 4 is 22.9 Å². The van der Waals surface area contributed by atoms with Gasteiger partial charge in [0.2, 0.25) is 0 Å². The summed E-state index contributed by atoms with van der Waals surface area (Å²) in [5.41, 5.74) is 0.960. The number of likely N-dealkylation sites (N-methyl/N-ethyl adjacent to an activating group) is 1. The van der Waals surface area contributed by atoms with Crippen molar-refractivity contribution in [2.75, 3.05) is 13.6 Å². The van der Waals surface area contributed by atoms with Crippen molar-refractivity contribution in [2.24, 2.45) is 7.05 Å². The molecule has 0 radical (unpaired) electrons. The first-order valence-electron chi connectivity index (χ1n) is 5.13. The van der Waals surface area contributed by atoms with Gasteiger partial charge in [0.25, 0.3) is 0 Å². The molecule has 2 rings (SSSR count). The lowest BCUT2D eigenvalue weighted by molar-refractivity contribution is 0.779. The molecule has 0 aliphatic heterocycles. The minimum Gasteiger partial charge on any atom is -0.319 e. The molecule has 0 atom stereocenters. The molecule has 0 fully saturated rings. The first-order chi connectivity index (χ1) is 7.74. The number of nitrogens with one attached hydrogen (secondary N) is 1. The lowest BCUT2D eigenvalue weighted by atomic mass is 10.3. The highest BCUT2D eigenvalue weighted by Crippen LogP contribution is 2.28. The molecule has 0 aliphatic rings. The van der Waals surface area contributed by atoms with E-state index in [0.29, 0.717) is 0 Å². The summed E-state index contributed by atoms with van der Waals surface area (Å²) in [7, 11) is 3.88. The fourth-order valence-corrected chi connectivity index (χ4v) is 2.53. The van der Waals surface area contributed by atoms with Crippen LogP contribution in [-0.4, -0.2) is 23.1 Å². The van der Waals surface area contributed by atoms with Crippen LogP contribution in [0.25, 0.3) is 10.7 Å². The average Bonchev–Trinajstić information content (AvgIpc) is 2.88. The van der Waals surface area contributed by atoms with Gasteiger partial charge >= 0.3 is 0 Å². The molecule has 0 spiro atoms. The van der Waals surface area contributed by atoms with Gasteiger partial charge < -0.3 is 9.88 Å². The van der Waals surface area contributed by atoms with Gasteiger partial charge in [-0.05, 0) is 18.5 Å². The zero-order chi connectivity index (χ0) is 11.5. The quantitative estimate of drug-likeness (QED) is 0.910. The Hall–Kier alpha value is -0.840. The van der Waals surface area contributed by atoms with Crippen LogP contribution in [0.15, 0.2) is 17.5 Å². The predicted molar refractivity (Wildman–Crippen MR) is 69.2 cm³/mol. The van der Waals surface area contributed by atoms with Crippen molar-refractivity contribution in [3.8, 4) is 10.7 Å². The molecule has 3 nitrogen and oxygen atoms in total. The van der Waals surface area contributed by atoms with Crippen LogP contribution in [0.2, 0.25) is 5.15 Å². The van der Waals surface area contributed by atoms with Crippen LogP contribution in [0.4, 0.5) is 0 Å². The highest BCUT2D eigenvalue weighted by atomic mass is 35.5. The molecule has 0 unspecified atom stereocenters. The number of thiophene rings is 1. The maximum atomic E-state index is 6.24. The van der Waals surface area contributed by atoms with Gasteiger partial charge in [0.1, 0.15) is 5.15 Å². The van der Waals surface area contributed by atoms with E-state index >= 15 is 0 Å². The third-order valence-corrected chi connectivity index (χ3v) is 3.78. The van der Waals surface area contributed by atoms with E-state index in [1.54, 1.807) is 11.3 Å². The van der Waals surface area contributed by atoms with E-state index in [0.717, 1.165) is 34.5 Å². The van der Waals surface area contributed by atoms with Gasteiger partial charge in [-0.1, -0.05) is 17.7 Å². The summed E-state index contributed by atoms with van der Waals surface area (Å²) in [5, 5.41) is 5.88. The van der Waals surface area contributed by atoms with E-state index in [1.165, 1.54) is 0 Å². The van der Waals surface area contributed by atoms with E-state index in [4.69, 9.17) is 11.6 Å². The fraction of sp³-hybridized carbons (Fsp3) is 0.364. The Morgan fingerprint density at radius 2 is 2.38 bits per heavy atom. The van der Waals surface area contributed by atoms with Gasteiger partial charge in [-0.25, -0.2) is 4.98 Å². The van der Waals surface area contributed by atoms with E-state index in [2.05, 4.69) is 16.4 Å². The first-order valence-corrected chi connectivity index (χ1v) is 6.39. The van der Waals surface area contributed by atoms with Gasteiger partial charge in [0.05, 0.1) is 10.6 Å². The lowest BCUT2D eigenvalue weighted by Crippen LogP contribution is -2.10. The standard InChI is InChI=1S/C11H14ClN3S/c1-13-6-5-8-10(12)15(2)11(14-8)9-4-3-7-16-9/h3-4,7,13H,5-6H2,1-2H3. The van der Waals surface area contributed by atoms with Crippen molar-refractivity contribution in [3.63, 3.8) is 0 Å². The normalized spacial score (nSPS) is 10.9. The molecule has 0 amide bonds. The second-order valence-electron chi connectivity index (χ2n) is 3.56. The Morgan fingerprint density at radius 1 is 1.56 bits per heavy atom. The maximum absolute atomic E-state index is 6.24. The molecule has 2 heterocycles. The molecule has 16 heavy (non-hydrogen) atoms. The number of nitrogens with zero attached hydrogens (tertiary/aromatic N) is 2. The van der Waals surface area contributed by atoms with Crippen LogP contribution in [-0.2, 0) is 13.5 Å². The maximum Gasteiger partial charge on any atom is 0.151 e. The summed E-state index contributed by atoms with van der Waals surface area (Å²) in [5.74, 6) is 0.950. The Labute approximate surface area is 104 Å². The molecule has 86 valence electrons. The molecular formula is C11H14ClN3S. The first kappa shape index (κ1) is 11.6. The molecule has 0 aromatic carbocycles. The largest absolute Gasteiger partial charge is 0.319 e. The zero-order valence-corrected chi connectivity index (χ0v) is 10.9. The van der Waals surface area contributed by atoms with Gasteiger partial charge in [0, 0.05) is 20.0 Å². The van der Waals surface area contributed by atoms with E-state index in [9.17, 15) is 0 Å². The second kappa shape index (κ2) is 4.99. The van der Waals surface area contributed by atoms with Gasteiger partial charge in [-0.2, -0.15) is 0 Å². The molecule has 0 saturated carbocycles. The molecule has 0 aliphatic carbocycles. The fourth-order valence-electron chi connectivity index (χ4n) is 1.56. The third kappa shape index (κ3) is 2.14. The minimum absolute atomic E-state index is 0.735. The lowest BCUT2D eigenvalue weighted by Gasteiger charge is -1.98. The van der Waals surface area contributed by atoms with Gasteiger partial charge in [0.15, 0.2) is 5.82 Å². The van der Waals surface area contributed by atoms with E-state index < -0.39 is 0 Å². The summed E-state index contributed by atoms with van der Waals surface area (Å²) in [6.45, 7) is 0.889. The molecule has 5 heteroatoms. The van der Waals surface area contributed by atoms with E-state index in [-0.39, 0.29) is 0 Å². The van der Waals surface area contributed by atoms with Gasteiger partial charge in [-0.3, -0.25) is 0 Å². The monoisotopic (exact) mass is 255 g/mol. The molecular weight excluding hydrogens is 242 g/mol. The molecule has 2 aromatic heterocycles. The summed E-state index contributed by atoms with van der Waals surface area (Å²) in [6.07, 6.45) is 0.856. The Balaban J connectivity index is 2.34. The zero-order valence-electron chi connectivity index (χ0n) is 9.33. The highest BCUT2D eigenvalue weighted by molar-refractivity contribution is 7.13. The number of rotatable bonds is 4. The number of hydrogen-bond donors (Lipinski definition) is 1. The summed E-state index contributed by atoms with van der Waals surface area (Å²) < 4.78 is 1.94. The topological polar surface area (TPSA) is 29.9 Å². The van der Waals surface area contributed by atoms with Crippen LogP contribution in [0, 0.1) is 0 Å². The molecule has 0 saturated heterocycles. The van der Waals surface area contributed by atoms with Crippen molar-refractivity contribution in [1.29, 1.82) is 0 Å². The minimum atomic E-state index is 0.735. The smallest absolute Gasteiger partial charge is 0.151 e. The van der Waals surface area contributed by atoms with Crippen molar-refractivity contribution in [2.45, 2.75) is 6.42 Å². The van der Waals surface area contributed by atoms with Crippen LogP contribution in [0.3, 0.4) is 0 Å². The van der Waals surface area contributed by atoms with Crippen LogP contribution in [0.5, 0.6) is 0 Å². The average molecular weight is 256 g/mol. The van der Waals surface area contributed by atoms with Crippen LogP contribution in [0.1, 0.15) is 5.69 Å². The second-order valence-corrected chi connectivity index (χ2v) is 4.87. The summed E-state index contributed by atoms with van der Waals surface area (Å²) >= 11 is 7.92. The van der Waals surface area contributed by atoms with Crippen molar-refractivity contribution in [3.05, 3.63) is 28.4 Å². The van der Waals surface area contributed by atoms with Crippen LogP contribution < -0.4 is 5.32 Å². The highest BCUT2D eigenvalue weighted by Gasteiger charge is 2.14. The summed E-state index contributed by atoms with van der Waals surface area (Å²) in [6, 6.07) is 4.08. The Kier molecular flexibility index (Phi) is 3.63. The van der Waals surface area contributed by atoms with Crippen LogP contribution >= 0.6 is 22.9 Å². The molecule has 0 bridgehead atoms. The van der Waals surface area contributed by atoms with Crippen molar-refractivity contribution < 1.29 is 0 Å².